The molecule has 2 rings (SSSR count). The fourth-order valence-electron chi connectivity index (χ4n) is 3.25. The van der Waals surface area contributed by atoms with Gasteiger partial charge >= 0.3 is 5.97 Å². The van der Waals surface area contributed by atoms with Crippen molar-refractivity contribution < 1.29 is 19.5 Å². The van der Waals surface area contributed by atoms with Crippen LogP contribution in [-0.2, 0) is 9.59 Å². The summed E-state index contributed by atoms with van der Waals surface area (Å²) in [5.41, 5.74) is 0.905. The van der Waals surface area contributed by atoms with Gasteiger partial charge < -0.3 is 15.7 Å². The Kier molecular flexibility index (Phi) is 7.63. The van der Waals surface area contributed by atoms with Gasteiger partial charge in [-0.05, 0) is 37.5 Å². The zero-order chi connectivity index (χ0) is 18.9. The number of nitrogens with one attached hydrogen (secondary N) is 2. The molecule has 1 fully saturated rings. The van der Waals surface area contributed by atoms with Gasteiger partial charge in [-0.25, -0.2) is 4.79 Å². The Morgan fingerprint density at radius 3 is 2.58 bits per heavy atom. The number of benzene rings is 1. The first-order valence-electron chi connectivity index (χ1n) is 9.46. The fraction of sp³-hybridized carbons (Fsp3) is 0.550. The van der Waals surface area contributed by atoms with Crippen LogP contribution in [0.1, 0.15) is 68.6 Å². The Hall–Kier alpha value is -2.37. The highest BCUT2D eigenvalue weighted by Gasteiger charge is 2.22. The highest BCUT2D eigenvalue weighted by molar-refractivity contribution is 5.99. The molecule has 0 aliphatic heterocycles. The van der Waals surface area contributed by atoms with Gasteiger partial charge in [0.1, 0.15) is 6.04 Å². The van der Waals surface area contributed by atoms with Gasteiger partial charge in [-0.3, -0.25) is 9.59 Å². The molecule has 0 heterocycles. The second-order valence-corrected chi connectivity index (χ2v) is 6.91. The Morgan fingerprint density at radius 1 is 1.19 bits per heavy atom. The molecule has 1 aliphatic rings. The Morgan fingerprint density at radius 2 is 1.92 bits per heavy atom. The van der Waals surface area contributed by atoms with Gasteiger partial charge in [0.05, 0.1) is 0 Å². The molecule has 0 bridgehead atoms. The number of carboxylic acids is 1. The van der Waals surface area contributed by atoms with Crippen LogP contribution in [0.4, 0.5) is 5.69 Å². The summed E-state index contributed by atoms with van der Waals surface area (Å²) in [6, 6.07) is 5.73. The van der Waals surface area contributed by atoms with Crippen LogP contribution in [0, 0.1) is 5.92 Å². The van der Waals surface area contributed by atoms with Gasteiger partial charge in [0.2, 0.25) is 5.91 Å². The number of hydrogen-bond donors (Lipinski definition) is 3. The first-order chi connectivity index (χ1) is 12.5. The van der Waals surface area contributed by atoms with E-state index in [0.717, 1.165) is 38.5 Å². The minimum Gasteiger partial charge on any atom is -0.480 e. The first kappa shape index (κ1) is 19.9. The molecule has 6 nitrogen and oxygen atoms in total. The highest BCUT2D eigenvalue weighted by atomic mass is 16.4. The number of hydrogen-bond acceptors (Lipinski definition) is 3. The van der Waals surface area contributed by atoms with Gasteiger partial charge in [-0.2, -0.15) is 0 Å². The molecule has 0 spiro atoms. The maximum Gasteiger partial charge on any atom is 0.326 e. The van der Waals surface area contributed by atoms with Crippen molar-refractivity contribution in [1.82, 2.24) is 5.32 Å². The molecular formula is C20H28N2O4. The summed E-state index contributed by atoms with van der Waals surface area (Å²) in [5.74, 6) is -1.45. The van der Waals surface area contributed by atoms with Crippen LogP contribution in [-0.4, -0.2) is 28.9 Å². The topological polar surface area (TPSA) is 95.5 Å². The average Bonchev–Trinajstić information content (AvgIpc) is 2.65. The number of amides is 2. The molecular weight excluding hydrogens is 332 g/mol. The van der Waals surface area contributed by atoms with Crippen molar-refractivity contribution in [2.75, 3.05) is 5.32 Å². The lowest BCUT2D eigenvalue weighted by molar-refractivity contribution is -0.139. The third kappa shape index (κ3) is 5.86. The molecule has 26 heavy (non-hydrogen) atoms. The maximum absolute atomic E-state index is 12.4. The number of aliphatic carboxylic acids is 1. The molecule has 1 aromatic rings. The minimum atomic E-state index is -1.03. The summed E-state index contributed by atoms with van der Waals surface area (Å²) in [4.78, 5) is 36.0. The van der Waals surface area contributed by atoms with Crippen LogP contribution in [0.15, 0.2) is 24.3 Å². The van der Waals surface area contributed by atoms with Crippen LogP contribution in [0.5, 0.6) is 0 Å². The Balaban J connectivity index is 1.99. The second-order valence-electron chi connectivity index (χ2n) is 6.91. The predicted molar refractivity (Wildman–Crippen MR) is 100 cm³/mol. The van der Waals surface area contributed by atoms with Gasteiger partial charge in [0, 0.05) is 17.2 Å². The zero-order valence-electron chi connectivity index (χ0n) is 15.3. The zero-order valence-corrected chi connectivity index (χ0v) is 15.3. The standard InChI is InChI=1S/C20H28N2O4/c1-2-3-12-17(20(25)26)22-19(24)15-10-7-11-16(13-15)21-18(23)14-8-5-4-6-9-14/h7,10-11,13-14,17H,2-6,8-9,12H2,1H3,(H,21,23)(H,22,24)(H,25,26)/t17-/m0/s1. The molecule has 0 aromatic heterocycles. The summed E-state index contributed by atoms with van der Waals surface area (Å²) >= 11 is 0. The van der Waals surface area contributed by atoms with E-state index in [1.165, 1.54) is 6.42 Å². The molecule has 3 N–H and O–H groups in total. The van der Waals surface area contributed by atoms with E-state index in [0.29, 0.717) is 17.7 Å². The first-order valence-corrected chi connectivity index (χ1v) is 9.46. The summed E-state index contributed by atoms with van der Waals surface area (Å²) in [7, 11) is 0. The number of carbonyl (C=O) groups is 3. The molecule has 0 radical (unpaired) electrons. The van der Waals surface area contributed by atoms with E-state index in [1.54, 1.807) is 24.3 Å². The van der Waals surface area contributed by atoms with Crippen molar-refractivity contribution in [1.29, 1.82) is 0 Å². The predicted octanol–water partition coefficient (Wildman–Crippen LogP) is 3.58. The van der Waals surface area contributed by atoms with Crippen molar-refractivity contribution in [3.8, 4) is 0 Å². The SMILES string of the molecule is CCCC[C@H](NC(=O)c1cccc(NC(=O)C2CCCCC2)c1)C(=O)O. The average molecular weight is 360 g/mol. The van der Waals surface area contributed by atoms with E-state index in [9.17, 15) is 19.5 Å². The largest absolute Gasteiger partial charge is 0.480 e. The lowest BCUT2D eigenvalue weighted by Crippen LogP contribution is -2.40. The molecule has 142 valence electrons. The molecule has 6 heteroatoms. The molecule has 2 amide bonds. The Bertz CT molecular complexity index is 638. The van der Waals surface area contributed by atoms with E-state index in [1.807, 2.05) is 6.92 Å². The lowest BCUT2D eigenvalue weighted by Gasteiger charge is -2.21. The van der Waals surface area contributed by atoms with Gasteiger partial charge in [-0.15, -0.1) is 0 Å². The van der Waals surface area contributed by atoms with Crippen LogP contribution in [0.3, 0.4) is 0 Å². The third-order valence-electron chi connectivity index (χ3n) is 4.82. The van der Waals surface area contributed by atoms with Crippen LogP contribution >= 0.6 is 0 Å². The summed E-state index contributed by atoms with van der Waals surface area (Å²) in [6.45, 7) is 1.97. The minimum absolute atomic E-state index is 0.00591. The highest BCUT2D eigenvalue weighted by Crippen LogP contribution is 2.25. The summed E-state index contributed by atoms with van der Waals surface area (Å²) < 4.78 is 0. The maximum atomic E-state index is 12.4. The summed E-state index contributed by atoms with van der Waals surface area (Å²) in [5, 5.41) is 14.7. The van der Waals surface area contributed by atoms with E-state index in [2.05, 4.69) is 10.6 Å². The monoisotopic (exact) mass is 360 g/mol. The number of anilines is 1. The number of rotatable bonds is 8. The van der Waals surface area contributed by atoms with E-state index in [-0.39, 0.29) is 11.8 Å². The van der Waals surface area contributed by atoms with Crippen molar-refractivity contribution in [3.63, 3.8) is 0 Å². The molecule has 1 saturated carbocycles. The Labute approximate surface area is 154 Å². The van der Waals surface area contributed by atoms with Gasteiger partial charge in [0.15, 0.2) is 0 Å². The molecule has 1 aromatic carbocycles. The fourth-order valence-corrected chi connectivity index (χ4v) is 3.25. The summed E-state index contributed by atoms with van der Waals surface area (Å²) in [6.07, 6.45) is 7.14. The molecule has 0 unspecified atom stereocenters. The van der Waals surface area contributed by atoms with Crippen LogP contribution in [0.25, 0.3) is 0 Å². The van der Waals surface area contributed by atoms with Gasteiger partial charge in [-0.1, -0.05) is 45.1 Å². The smallest absolute Gasteiger partial charge is 0.326 e. The van der Waals surface area contributed by atoms with Gasteiger partial charge in [0.25, 0.3) is 5.91 Å². The molecule has 0 saturated heterocycles. The number of unbranched alkanes of at least 4 members (excludes halogenated alkanes) is 1. The number of carbonyl (C=O) groups excluding carboxylic acids is 2. The third-order valence-corrected chi connectivity index (χ3v) is 4.82. The van der Waals surface area contributed by atoms with Crippen molar-refractivity contribution in [3.05, 3.63) is 29.8 Å². The van der Waals surface area contributed by atoms with Crippen LogP contribution in [0.2, 0.25) is 0 Å². The van der Waals surface area contributed by atoms with Crippen LogP contribution < -0.4 is 10.6 Å². The van der Waals surface area contributed by atoms with Crippen molar-refractivity contribution >= 4 is 23.5 Å². The normalized spacial score (nSPS) is 15.9. The molecule has 1 atom stereocenters. The second kappa shape index (κ2) is 9.94. The van der Waals surface area contributed by atoms with Crippen molar-refractivity contribution in [2.24, 2.45) is 5.92 Å². The molecule has 1 aliphatic carbocycles. The van der Waals surface area contributed by atoms with E-state index < -0.39 is 17.9 Å². The van der Waals surface area contributed by atoms with Crippen molar-refractivity contribution in [2.45, 2.75) is 64.3 Å². The van der Waals surface area contributed by atoms with E-state index >= 15 is 0 Å². The van der Waals surface area contributed by atoms with E-state index in [4.69, 9.17) is 0 Å². The quantitative estimate of drug-likeness (QED) is 0.660. The number of carboxylic acid groups (broad SMARTS) is 1. The lowest BCUT2D eigenvalue weighted by atomic mass is 9.88.